The minimum Gasteiger partial charge on any atom is -0.499 e. The van der Waals surface area contributed by atoms with Crippen LogP contribution in [0.3, 0.4) is 0 Å². The first-order chi connectivity index (χ1) is 16.3. The molecular formula is C20H21Cl2N7O5. The molecule has 0 radical (unpaired) electrons. The Morgan fingerprint density at radius 3 is 2.71 bits per heavy atom. The first-order valence-electron chi connectivity index (χ1n) is 9.79. The Balaban J connectivity index is 1.68. The maximum absolute atomic E-state index is 12.6. The first-order valence-corrected chi connectivity index (χ1v) is 10.5. The molecule has 0 fully saturated rings. The molecule has 1 atom stereocenters. The maximum atomic E-state index is 12.6. The number of hydroxylamine groups is 1. The summed E-state index contributed by atoms with van der Waals surface area (Å²) >= 11 is 12.1. The van der Waals surface area contributed by atoms with E-state index in [2.05, 4.69) is 37.8 Å². The molecule has 3 rings (SSSR count). The van der Waals surface area contributed by atoms with E-state index in [1.807, 2.05) is 0 Å². The highest BCUT2D eigenvalue weighted by atomic mass is 35.5. The molecule has 0 saturated carbocycles. The van der Waals surface area contributed by atoms with Crippen molar-refractivity contribution in [1.82, 2.24) is 25.1 Å². The van der Waals surface area contributed by atoms with Crippen molar-refractivity contribution >= 4 is 52.2 Å². The number of ether oxygens (including phenoxy) is 2. The lowest BCUT2D eigenvalue weighted by molar-refractivity contribution is 0.0141. The van der Waals surface area contributed by atoms with Crippen LogP contribution in [-0.4, -0.2) is 51.8 Å². The van der Waals surface area contributed by atoms with Gasteiger partial charge in [-0.15, -0.1) is 0 Å². The van der Waals surface area contributed by atoms with E-state index in [0.29, 0.717) is 17.0 Å². The van der Waals surface area contributed by atoms with Gasteiger partial charge in [-0.05, 0) is 13.0 Å². The van der Waals surface area contributed by atoms with E-state index in [-0.39, 0.29) is 34.8 Å². The number of halogens is 2. The zero-order chi connectivity index (χ0) is 24.7. The van der Waals surface area contributed by atoms with E-state index in [1.54, 1.807) is 13.0 Å². The number of carbonyl (C=O) groups excluding carboxylic acids is 2. The molecule has 3 N–H and O–H groups in total. The van der Waals surface area contributed by atoms with Gasteiger partial charge in [0, 0.05) is 13.2 Å². The number of aromatic nitrogens is 4. The quantitative estimate of drug-likeness (QED) is 0.214. The summed E-state index contributed by atoms with van der Waals surface area (Å²) in [6.07, 6.45) is 3.56. The fraction of sp³-hybridized carbons (Fsp3) is 0.250. The number of methoxy groups -OCH3 is 1. The highest BCUT2D eigenvalue weighted by molar-refractivity contribution is 6.33. The lowest BCUT2D eigenvalue weighted by Crippen LogP contribution is -2.27. The van der Waals surface area contributed by atoms with Crippen LogP contribution in [0.2, 0.25) is 10.2 Å². The van der Waals surface area contributed by atoms with E-state index in [0.717, 1.165) is 0 Å². The van der Waals surface area contributed by atoms with Crippen molar-refractivity contribution in [3.63, 3.8) is 0 Å². The lowest BCUT2D eigenvalue weighted by atomic mass is 10.2. The number of nitrogens with zero attached hydrogens (tertiary/aromatic N) is 4. The van der Waals surface area contributed by atoms with Gasteiger partial charge in [-0.3, -0.25) is 9.63 Å². The molecule has 34 heavy (non-hydrogen) atoms. The van der Waals surface area contributed by atoms with Gasteiger partial charge in [0.25, 0.3) is 5.91 Å². The molecular weight excluding hydrogens is 489 g/mol. The van der Waals surface area contributed by atoms with Crippen molar-refractivity contribution in [2.45, 2.75) is 13.0 Å². The second kappa shape index (κ2) is 11.6. The Morgan fingerprint density at radius 2 is 2.00 bits per heavy atom. The summed E-state index contributed by atoms with van der Waals surface area (Å²) < 4.78 is 11.8. The molecule has 0 saturated heterocycles. The third-order valence-electron chi connectivity index (χ3n) is 4.38. The number of amides is 3. The molecule has 0 aliphatic carbocycles. The summed E-state index contributed by atoms with van der Waals surface area (Å²) in [4.78, 5) is 37.9. The van der Waals surface area contributed by atoms with Gasteiger partial charge in [-0.25, -0.2) is 24.8 Å². The number of hydrogen-bond donors (Lipinski definition) is 3. The van der Waals surface area contributed by atoms with Gasteiger partial charge in [0.05, 0.1) is 46.9 Å². The molecule has 14 heteroatoms. The van der Waals surface area contributed by atoms with Crippen molar-refractivity contribution in [3.8, 4) is 0 Å². The van der Waals surface area contributed by atoms with E-state index >= 15 is 0 Å². The van der Waals surface area contributed by atoms with Crippen LogP contribution in [0.1, 0.15) is 29.2 Å². The van der Waals surface area contributed by atoms with Crippen molar-refractivity contribution in [2.75, 3.05) is 31.0 Å². The number of pyridine rings is 1. The summed E-state index contributed by atoms with van der Waals surface area (Å²) in [5.41, 5.74) is 3.75. The van der Waals surface area contributed by atoms with Crippen LogP contribution in [0, 0.1) is 0 Å². The minimum absolute atomic E-state index is 0.00389. The second-order valence-electron chi connectivity index (χ2n) is 6.62. The topological polar surface area (TPSA) is 141 Å². The molecule has 12 nitrogen and oxygen atoms in total. The smallest absolute Gasteiger partial charge is 0.323 e. The van der Waals surface area contributed by atoms with Crippen molar-refractivity contribution in [2.24, 2.45) is 0 Å². The molecule has 0 aliphatic heterocycles. The maximum Gasteiger partial charge on any atom is 0.323 e. The van der Waals surface area contributed by atoms with Crippen LogP contribution in [0.15, 0.2) is 37.4 Å². The Morgan fingerprint density at radius 1 is 1.21 bits per heavy atom. The Bertz CT molecular complexity index is 1200. The predicted octanol–water partition coefficient (Wildman–Crippen LogP) is 3.60. The molecule has 3 aromatic heterocycles. The highest BCUT2D eigenvalue weighted by Gasteiger charge is 2.19. The van der Waals surface area contributed by atoms with E-state index in [9.17, 15) is 9.59 Å². The third kappa shape index (κ3) is 6.11. The van der Waals surface area contributed by atoms with Crippen LogP contribution < -0.4 is 16.1 Å². The van der Waals surface area contributed by atoms with E-state index in [4.69, 9.17) is 37.5 Å². The molecule has 3 aromatic rings. The minimum atomic E-state index is -0.657. The zero-order valence-corrected chi connectivity index (χ0v) is 19.7. The highest BCUT2D eigenvalue weighted by Crippen LogP contribution is 2.26. The van der Waals surface area contributed by atoms with Crippen LogP contribution >= 0.6 is 23.2 Å². The molecule has 3 heterocycles. The van der Waals surface area contributed by atoms with Crippen LogP contribution in [0.4, 0.5) is 16.2 Å². The van der Waals surface area contributed by atoms with Gasteiger partial charge in [0.1, 0.15) is 18.9 Å². The fourth-order valence-corrected chi connectivity index (χ4v) is 3.24. The summed E-state index contributed by atoms with van der Waals surface area (Å²) in [6, 6.07) is 2.35. The standard InChI is InChI=1S/C20H21Cl2N7O5/c1-4-33-5-6-34-28-19(30)17-13(21)7-12(9-24-17)25-20(31)26-14-10-23-16-8-15(22)27-29(16)18(14)11(2)32-3/h4,7-11H,1,5-6H2,2-3H3,(H,28,30)(H2,25,26,31)/t11-/m0/s1. The zero-order valence-electron chi connectivity index (χ0n) is 18.2. The van der Waals surface area contributed by atoms with Gasteiger partial charge in [0.15, 0.2) is 10.8 Å². The molecule has 0 unspecified atom stereocenters. The fourth-order valence-electron chi connectivity index (χ4n) is 2.82. The second-order valence-corrected chi connectivity index (χ2v) is 7.42. The molecule has 3 amide bonds. The van der Waals surface area contributed by atoms with Crippen molar-refractivity contribution < 1.29 is 23.9 Å². The average molecular weight is 510 g/mol. The molecule has 0 aliphatic rings. The third-order valence-corrected chi connectivity index (χ3v) is 4.85. The van der Waals surface area contributed by atoms with E-state index in [1.165, 1.54) is 36.3 Å². The summed E-state index contributed by atoms with van der Waals surface area (Å²) in [5.74, 6) is -0.657. The number of anilines is 2. The average Bonchev–Trinajstić information content (AvgIpc) is 3.18. The number of hydrogen-bond acceptors (Lipinski definition) is 8. The largest absolute Gasteiger partial charge is 0.499 e. The SMILES string of the molecule is C=COCCONC(=O)c1ncc(NC(=O)Nc2cnc3cc(Cl)nn3c2[C@H](C)OC)cc1Cl. The van der Waals surface area contributed by atoms with E-state index < -0.39 is 18.0 Å². The van der Waals surface area contributed by atoms with Crippen molar-refractivity contribution in [1.29, 1.82) is 0 Å². The Labute approximate surface area is 204 Å². The number of rotatable bonds is 10. The number of nitrogens with one attached hydrogen (secondary N) is 3. The van der Waals surface area contributed by atoms with Gasteiger partial charge in [-0.1, -0.05) is 29.8 Å². The number of fused-ring (bicyclic) bond motifs is 1. The monoisotopic (exact) mass is 509 g/mol. The van der Waals surface area contributed by atoms with Gasteiger partial charge in [-0.2, -0.15) is 5.10 Å². The van der Waals surface area contributed by atoms with Crippen LogP contribution in [0.25, 0.3) is 5.65 Å². The normalized spacial score (nSPS) is 11.6. The van der Waals surface area contributed by atoms with Crippen LogP contribution in [0.5, 0.6) is 0 Å². The number of urea groups is 1. The summed E-state index contributed by atoms with van der Waals surface area (Å²) in [7, 11) is 1.53. The molecule has 0 aromatic carbocycles. The van der Waals surface area contributed by atoms with Crippen molar-refractivity contribution in [3.05, 3.63) is 58.9 Å². The molecule has 180 valence electrons. The Hall–Kier alpha value is -3.45. The predicted molar refractivity (Wildman–Crippen MR) is 125 cm³/mol. The Kier molecular flexibility index (Phi) is 8.60. The van der Waals surface area contributed by atoms with Gasteiger partial charge in [0.2, 0.25) is 0 Å². The number of carbonyl (C=O) groups is 2. The molecule has 0 bridgehead atoms. The summed E-state index contributed by atoms with van der Waals surface area (Å²) in [5, 5.41) is 9.72. The van der Waals surface area contributed by atoms with Crippen LogP contribution in [-0.2, 0) is 14.3 Å². The lowest BCUT2D eigenvalue weighted by Gasteiger charge is -2.17. The first kappa shape index (κ1) is 25.2. The molecule has 0 spiro atoms. The van der Waals surface area contributed by atoms with Gasteiger partial charge < -0.3 is 20.1 Å². The van der Waals surface area contributed by atoms with Gasteiger partial charge >= 0.3 is 6.03 Å². The summed E-state index contributed by atoms with van der Waals surface area (Å²) in [6.45, 7) is 5.49.